The molecule has 0 saturated heterocycles. The van der Waals surface area contributed by atoms with Gasteiger partial charge >= 0.3 is 0 Å². The van der Waals surface area contributed by atoms with E-state index in [-0.39, 0.29) is 17.6 Å². The van der Waals surface area contributed by atoms with Gasteiger partial charge in [-0.05, 0) is 43.5 Å². The van der Waals surface area contributed by atoms with Gasteiger partial charge in [0.05, 0.1) is 25.1 Å². The lowest BCUT2D eigenvalue weighted by molar-refractivity contribution is 0.230. The number of anilines is 1. The molecule has 0 radical (unpaired) electrons. The molecule has 134 valence electrons. The van der Waals surface area contributed by atoms with E-state index in [0.717, 1.165) is 5.56 Å². The number of ether oxygens (including phenoxy) is 2. The highest BCUT2D eigenvalue weighted by Gasteiger charge is 2.07. The summed E-state index contributed by atoms with van der Waals surface area (Å²) < 4.78 is 11.0. The van der Waals surface area contributed by atoms with Crippen molar-refractivity contribution in [3.05, 3.63) is 45.9 Å². The largest absolute Gasteiger partial charge is 0.493 e. The zero-order valence-corrected chi connectivity index (χ0v) is 15.2. The Labute approximate surface area is 147 Å². The Kier molecular flexibility index (Phi) is 6.16. The highest BCUT2D eigenvalue weighted by Crippen LogP contribution is 2.28. The molecule has 1 aromatic carbocycles. The summed E-state index contributed by atoms with van der Waals surface area (Å²) in [6.45, 7) is 7.85. The van der Waals surface area contributed by atoms with Crippen LogP contribution in [-0.4, -0.2) is 29.4 Å². The molecule has 0 unspecified atom stereocenters. The fraction of sp³-hybridized carbons (Fsp3) is 0.389. The van der Waals surface area contributed by atoms with E-state index in [2.05, 4.69) is 20.5 Å². The summed E-state index contributed by atoms with van der Waals surface area (Å²) in [6, 6.07) is 7.00. The lowest BCUT2D eigenvalue weighted by atomic mass is 10.1. The molecule has 1 aromatic heterocycles. The molecule has 0 bridgehead atoms. The SMILES string of the molecule is COc1ccc(/C=N\Nc2nc(C(C)C)cc(=O)[nH]2)cc1OC(C)C. The molecule has 0 aliphatic rings. The second kappa shape index (κ2) is 8.32. The Bertz CT molecular complexity index is 797. The molecule has 0 aliphatic carbocycles. The first kappa shape index (κ1) is 18.5. The standard InChI is InChI=1S/C18H24N4O3/c1-11(2)14-9-17(23)21-18(20-14)22-19-10-13-6-7-15(24-5)16(8-13)25-12(3)4/h6-12H,1-5H3,(H2,20,21,22,23)/b19-10-. The number of aromatic nitrogens is 2. The van der Waals surface area contributed by atoms with E-state index in [0.29, 0.717) is 23.1 Å². The van der Waals surface area contributed by atoms with Crippen LogP contribution in [0, 0.1) is 0 Å². The smallest absolute Gasteiger partial charge is 0.252 e. The third kappa shape index (κ3) is 5.34. The number of aromatic amines is 1. The lowest BCUT2D eigenvalue weighted by Gasteiger charge is -2.13. The van der Waals surface area contributed by atoms with Crippen LogP contribution in [0.15, 0.2) is 34.2 Å². The number of H-pyrrole nitrogens is 1. The van der Waals surface area contributed by atoms with Gasteiger partial charge in [0.25, 0.3) is 5.56 Å². The van der Waals surface area contributed by atoms with Gasteiger partial charge in [0, 0.05) is 6.07 Å². The second-order valence-corrected chi connectivity index (χ2v) is 6.12. The predicted octanol–water partition coefficient (Wildman–Crippen LogP) is 3.14. The molecule has 2 rings (SSSR count). The minimum Gasteiger partial charge on any atom is -0.493 e. The maximum Gasteiger partial charge on any atom is 0.252 e. The molecule has 7 nitrogen and oxygen atoms in total. The maximum absolute atomic E-state index is 11.6. The predicted molar refractivity (Wildman–Crippen MR) is 98.9 cm³/mol. The number of methoxy groups -OCH3 is 1. The molecule has 2 aromatic rings. The van der Waals surface area contributed by atoms with Crippen LogP contribution in [0.3, 0.4) is 0 Å². The third-order valence-corrected chi connectivity index (χ3v) is 3.29. The fourth-order valence-electron chi connectivity index (χ4n) is 2.11. The van der Waals surface area contributed by atoms with Crippen LogP contribution in [-0.2, 0) is 0 Å². The van der Waals surface area contributed by atoms with E-state index in [1.165, 1.54) is 6.07 Å². The van der Waals surface area contributed by atoms with E-state index in [9.17, 15) is 4.79 Å². The molecule has 25 heavy (non-hydrogen) atoms. The van der Waals surface area contributed by atoms with Crippen LogP contribution >= 0.6 is 0 Å². The number of benzene rings is 1. The molecule has 0 aliphatic heterocycles. The molecular formula is C18H24N4O3. The van der Waals surface area contributed by atoms with Crippen LogP contribution in [0.1, 0.15) is 44.9 Å². The van der Waals surface area contributed by atoms with Gasteiger partial charge in [0.2, 0.25) is 5.95 Å². The van der Waals surface area contributed by atoms with Crippen LogP contribution in [0.4, 0.5) is 5.95 Å². The monoisotopic (exact) mass is 344 g/mol. The molecule has 0 amide bonds. The minimum absolute atomic E-state index is 0.0345. The van der Waals surface area contributed by atoms with Crippen LogP contribution in [0.5, 0.6) is 11.5 Å². The van der Waals surface area contributed by atoms with Gasteiger partial charge in [0.15, 0.2) is 11.5 Å². The van der Waals surface area contributed by atoms with Crippen molar-refractivity contribution in [1.82, 2.24) is 9.97 Å². The topological polar surface area (TPSA) is 88.6 Å². The highest BCUT2D eigenvalue weighted by atomic mass is 16.5. The number of hydrogen-bond donors (Lipinski definition) is 2. The van der Waals surface area contributed by atoms with Gasteiger partial charge in [-0.1, -0.05) is 13.8 Å². The maximum atomic E-state index is 11.6. The van der Waals surface area contributed by atoms with Crippen molar-refractivity contribution in [2.24, 2.45) is 5.10 Å². The summed E-state index contributed by atoms with van der Waals surface area (Å²) in [5.41, 5.74) is 4.07. The van der Waals surface area contributed by atoms with Crippen molar-refractivity contribution in [2.45, 2.75) is 39.7 Å². The Balaban J connectivity index is 2.16. The van der Waals surface area contributed by atoms with Gasteiger partial charge in [-0.15, -0.1) is 0 Å². The quantitative estimate of drug-likeness (QED) is 0.595. The number of nitrogens with zero attached hydrogens (tertiary/aromatic N) is 2. The summed E-state index contributed by atoms with van der Waals surface area (Å²) in [7, 11) is 1.60. The average molecular weight is 344 g/mol. The minimum atomic E-state index is -0.214. The molecule has 0 fully saturated rings. The second-order valence-electron chi connectivity index (χ2n) is 6.12. The Hall–Kier alpha value is -2.83. The number of rotatable bonds is 7. The molecule has 7 heteroatoms. The number of nitrogens with one attached hydrogen (secondary N) is 2. The van der Waals surface area contributed by atoms with Gasteiger partial charge in [-0.25, -0.2) is 10.4 Å². The Morgan fingerprint density at radius 2 is 1.96 bits per heavy atom. The van der Waals surface area contributed by atoms with Gasteiger partial charge in [-0.2, -0.15) is 5.10 Å². The first-order chi connectivity index (χ1) is 11.9. The van der Waals surface area contributed by atoms with E-state index < -0.39 is 0 Å². The van der Waals surface area contributed by atoms with Crippen molar-refractivity contribution in [1.29, 1.82) is 0 Å². The third-order valence-electron chi connectivity index (χ3n) is 3.29. The van der Waals surface area contributed by atoms with Gasteiger partial charge < -0.3 is 9.47 Å². The van der Waals surface area contributed by atoms with Crippen molar-refractivity contribution in [2.75, 3.05) is 12.5 Å². The van der Waals surface area contributed by atoms with E-state index in [1.807, 2.05) is 45.9 Å². The molecule has 1 heterocycles. The Morgan fingerprint density at radius 3 is 2.60 bits per heavy atom. The lowest BCUT2D eigenvalue weighted by Crippen LogP contribution is -2.12. The first-order valence-electron chi connectivity index (χ1n) is 8.14. The first-order valence-corrected chi connectivity index (χ1v) is 8.14. The summed E-state index contributed by atoms with van der Waals surface area (Å²) in [5.74, 6) is 1.77. The zero-order valence-electron chi connectivity index (χ0n) is 15.2. The van der Waals surface area contributed by atoms with Crippen molar-refractivity contribution in [3.8, 4) is 11.5 Å². The Morgan fingerprint density at radius 1 is 1.20 bits per heavy atom. The van der Waals surface area contributed by atoms with Gasteiger partial charge in [-0.3, -0.25) is 9.78 Å². The zero-order chi connectivity index (χ0) is 18.4. The molecular weight excluding hydrogens is 320 g/mol. The average Bonchev–Trinajstić information content (AvgIpc) is 2.54. The number of hydrazone groups is 1. The molecule has 0 atom stereocenters. The summed E-state index contributed by atoms with van der Waals surface area (Å²) in [6.07, 6.45) is 1.65. The summed E-state index contributed by atoms with van der Waals surface area (Å²) in [5, 5.41) is 4.13. The van der Waals surface area contributed by atoms with Crippen molar-refractivity contribution >= 4 is 12.2 Å². The van der Waals surface area contributed by atoms with Crippen LogP contribution < -0.4 is 20.5 Å². The fourth-order valence-corrected chi connectivity index (χ4v) is 2.11. The summed E-state index contributed by atoms with van der Waals surface area (Å²) >= 11 is 0. The van der Waals surface area contributed by atoms with E-state index >= 15 is 0 Å². The molecule has 2 N–H and O–H groups in total. The van der Waals surface area contributed by atoms with E-state index in [4.69, 9.17) is 9.47 Å². The van der Waals surface area contributed by atoms with Crippen LogP contribution in [0.25, 0.3) is 0 Å². The van der Waals surface area contributed by atoms with Gasteiger partial charge in [0.1, 0.15) is 0 Å². The highest BCUT2D eigenvalue weighted by molar-refractivity contribution is 5.81. The van der Waals surface area contributed by atoms with Crippen molar-refractivity contribution in [3.63, 3.8) is 0 Å². The number of hydrogen-bond acceptors (Lipinski definition) is 6. The van der Waals surface area contributed by atoms with Crippen LogP contribution in [0.2, 0.25) is 0 Å². The molecule has 0 saturated carbocycles. The normalized spacial score (nSPS) is 11.3. The summed E-state index contributed by atoms with van der Waals surface area (Å²) in [4.78, 5) is 18.6. The molecule has 0 spiro atoms. The van der Waals surface area contributed by atoms with E-state index in [1.54, 1.807) is 13.3 Å². The van der Waals surface area contributed by atoms with Crippen molar-refractivity contribution < 1.29 is 9.47 Å².